The van der Waals surface area contributed by atoms with Gasteiger partial charge in [-0.05, 0) is 30.7 Å². The molecule has 0 bridgehead atoms. The minimum atomic E-state index is -0.520. The van der Waals surface area contributed by atoms with Crippen molar-refractivity contribution in [3.05, 3.63) is 41.6 Å². The summed E-state index contributed by atoms with van der Waals surface area (Å²) in [6.45, 7) is 0.411. The molecule has 0 radical (unpaired) electrons. The Hall–Kier alpha value is -2.52. The van der Waals surface area contributed by atoms with Crippen LogP contribution in [0.25, 0.3) is 0 Å². The lowest BCUT2D eigenvalue weighted by molar-refractivity contribution is -0.117. The standard InChI is InChI=1S/C14H15ClN4O2/c15-6-1-7-18-14(21)11(8-16)9-19-12-4-2-10(3-5-12)13(17)20/h2-5,9,19H,1,6-7H2,(H2,17,20)(H,18,21)/b11-9-. The van der Waals surface area contributed by atoms with Crippen molar-refractivity contribution >= 4 is 29.1 Å². The molecule has 110 valence electrons. The first-order valence-electron chi connectivity index (χ1n) is 6.19. The van der Waals surface area contributed by atoms with Crippen molar-refractivity contribution in [2.24, 2.45) is 5.73 Å². The summed E-state index contributed by atoms with van der Waals surface area (Å²) in [4.78, 5) is 22.6. The molecule has 0 unspecified atom stereocenters. The third-order valence-corrected chi connectivity index (χ3v) is 2.78. The molecule has 21 heavy (non-hydrogen) atoms. The maximum Gasteiger partial charge on any atom is 0.263 e. The van der Waals surface area contributed by atoms with Crippen LogP contribution in [0.15, 0.2) is 36.0 Å². The van der Waals surface area contributed by atoms with Gasteiger partial charge >= 0.3 is 0 Å². The molecule has 7 heteroatoms. The van der Waals surface area contributed by atoms with Crippen LogP contribution in [0.5, 0.6) is 0 Å². The Morgan fingerprint density at radius 3 is 2.52 bits per heavy atom. The van der Waals surface area contributed by atoms with Crippen LogP contribution in [-0.4, -0.2) is 24.2 Å². The summed E-state index contributed by atoms with van der Waals surface area (Å²) in [6.07, 6.45) is 1.93. The fourth-order valence-corrected chi connectivity index (χ4v) is 1.53. The van der Waals surface area contributed by atoms with E-state index in [0.29, 0.717) is 30.1 Å². The number of amides is 2. The van der Waals surface area contributed by atoms with Crippen molar-refractivity contribution in [1.82, 2.24) is 5.32 Å². The second-order valence-corrected chi connectivity index (χ2v) is 4.43. The summed E-state index contributed by atoms with van der Waals surface area (Å²) >= 11 is 5.50. The van der Waals surface area contributed by atoms with E-state index in [1.807, 2.05) is 6.07 Å². The number of carbonyl (C=O) groups is 2. The minimum absolute atomic E-state index is 0.0523. The number of hydrogen-bond acceptors (Lipinski definition) is 4. The van der Waals surface area contributed by atoms with Gasteiger partial charge in [0.1, 0.15) is 11.6 Å². The molecule has 0 saturated heterocycles. The van der Waals surface area contributed by atoms with Crippen LogP contribution in [0.1, 0.15) is 16.8 Å². The van der Waals surface area contributed by atoms with E-state index in [1.54, 1.807) is 24.3 Å². The van der Waals surface area contributed by atoms with E-state index in [2.05, 4.69) is 10.6 Å². The zero-order chi connectivity index (χ0) is 15.7. The number of nitrogens with zero attached hydrogens (tertiary/aromatic N) is 1. The molecule has 0 aliphatic carbocycles. The third-order valence-electron chi connectivity index (χ3n) is 2.51. The highest BCUT2D eigenvalue weighted by molar-refractivity contribution is 6.17. The second-order valence-electron chi connectivity index (χ2n) is 4.05. The lowest BCUT2D eigenvalue weighted by atomic mass is 10.2. The quantitative estimate of drug-likeness (QED) is 0.306. The number of carbonyl (C=O) groups excluding carboxylic acids is 2. The highest BCUT2D eigenvalue weighted by atomic mass is 35.5. The van der Waals surface area contributed by atoms with Crippen LogP contribution in [0.3, 0.4) is 0 Å². The van der Waals surface area contributed by atoms with Crippen LogP contribution < -0.4 is 16.4 Å². The number of rotatable bonds is 7. The summed E-state index contributed by atoms with van der Waals surface area (Å²) in [5.41, 5.74) is 6.08. The Labute approximate surface area is 127 Å². The molecule has 6 nitrogen and oxygen atoms in total. The van der Waals surface area contributed by atoms with Crippen molar-refractivity contribution in [3.8, 4) is 6.07 Å². The van der Waals surface area contributed by atoms with E-state index < -0.39 is 11.8 Å². The van der Waals surface area contributed by atoms with Crippen molar-refractivity contribution in [2.75, 3.05) is 17.7 Å². The summed E-state index contributed by atoms with van der Waals surface area (Å²) in [6, 6.07) is 8.15. The Bertz CT molecular complexity index is 576. The van der Waals surface area contributed by atoms with Crippen molar-refractivity contribution in [1.29, 1.82) is 5.26 Å². The van der Waals surface area contributed by atoms with Crippen LogP contribution in [0, 0.1) is 11.3 Å². The molecule has 0 fully saturated rings. The van der Waals surface area contributed by atoms with E-state index in [4.69, 9.17) is 22.6 Å². The summed E-state index contributed by atoms with van der Waals surface area (Å²) in [5, 5.41) is 14.3. The predicted octanol–water partition coefficient (Wildman–Crippen LogP) is 1.35. The van der Waals surface area contributed by atoms with Gasteiger partial charge in [-0.15, -0.1) is 11.6 Å². The maximum absolute atomic E-state index is 11.7. The molecular formula is C14H15ClN4O2. The zero-order valence-electron chi connectivity index (χ0n) is 11.2. The highest BCUT2D eigenvalue weighted by Gasteiger charge is 2.07. The van der Waals surface area contributed by atoms with Gasteiger partial charge in [0.25, 0.3) is 5.91 Å². The fourth-order valence-electron chi connectivity index (χ4n) is 1.40. The first-order valence-corrected chi connectivity index (χ1v) is 6.72. The normalized spacial score (nSPS) is 10.6. The monoisotopic (exact) mass is 306 g/mol. The SMILES string of the molecule is N#C/C(=C/Nc1ccc(C(N)=O)cc1)C(=O)NCCCCl. The van der Waals surface area contributed by atoms with Crippen LogP contribution in [0.2, 0.25) is 0 Å². The average Bonchev–Trinajstić information content (AvgIpc) is 2.48. The zero-order valence-corrected chi connectivity index (χ0v) is 12.0. The molecule has 0 atom stereocenters. The summed E-state index contributed by atoms with van der Waals surface area (Å²) in [7, 11) is 0. The van der Waals surface area contributed by atoms with Gasteiger partial charge in [0.15, 0.2) is 0 Å². The number of alkyl halides is 1. The Kier molecular flexibility index (Phi) is 6.78. The van der Waals surface area contributed by atoms with Gasteiger partial charge in [0, 0.05) is 29.9 Å². The van der Waals surface area contributed by atoms with Gasteiger partial charge in [-0.2, -0.15) is 5.26 Å². The minimum Gasteiger partial charge on any atom is -0.366 e. The van der Waals surface area contributed by atoms with E-state index in [9.17, 15) is 9.59 Å². The molecule has 0 heterocycles. The van der Waals surface area contributed by atoms with Gasteiger partial charge in [0.05, 0.1) is 0 Å². The molecule has 1 aromatic carbocycles. The first kappa shape index (κ1) is 16.5. The van der Waals surface area contributed by atoms with E-state index >= 15 is 0 Å². The molecule has 0 aliphatic rings. The van der Waals surface area contributed by atoms with Gasteiger partial charge in [-0.1, -0.05) is 0 Å². The van der Waals surface area contributed by atoms with Crippen LogP contribution in [-0.2, 0) is 4.79 Å². The second kappa shape index (κ2) is 8.61. The lowest BCUT2D eigenvalue weighted by Crippen LogP contribution is -2.26. The molecular weight excluding hydrogens is 292 g/mol. The average molecular weight is 307 g/mol. The van der Waals surface area contributed by atoms with Gasteiger partial charge in [-0.25, -0.2) is 0 Å². The van der Waals surface area contributed by atoms with Crippen LogP contribution in [0.4, 0.5) is 5.69 Å². The van der Waals surface area contributed by atoms with Gasteiger partial charge in [-0.3, -0.25) is 9.59 Å². The number of nitriles is 1. The summed E-state index contributed by atoms with van der Waals surface area (Å²) in [5.74, 6) is -0.548. The predicted molar refractivity (Wildman–Crippen MR) is 80.6 cm³/mol. The fraction of sp³-hybridized carbons (Fsp3) is 0.214. The smallest absolute Gasteiger partial charge is 0.263 e. The van der Waals surface area contributed by atoms with Crippen molar-refractivity contribution in [3.63, 3.8) is 0 Å². The number of primary amides is 1. The van der Waals surface area contributed by atoms with Gasteiger partial charge in [0.2, 0.25) is 5.91 Å². The van der Waals surface area contributed by atoms with E-state index in [0.717, 1.165) is 0 Å². The van der Waals surface area contributed by atoms with E-state index in [1.165, 1.54) is 6.20 Å². The molecule has 0 aliphatic heterocycles. The first-order chi connectivity index (χ1) is 10.1. The van der Waals surface area contributed by atoms with Crippen molar-refractivity contribution < 1.29 is 9.59 Å². The topological polar surface area (TPSA) is 108 Å². The van der Waals surface area contributed by atoms with Gasteiger partial charge < -0.3 is 16.4 Å². The van der Waals surface area contributed by atoms with Crippen LogP contribution >= 0.6 is 11.6 Å². The number of nitrogens with two attached hydrogens (primary N) is 1. The van der Waals surface area contributed by atoms with E-state index in [-0.39, 0.29) is 5.57 Å². The highest BCUT2D eigenvalue weighted by Crippen LogP contribution is 2.09. The number of halogens is 1. The largest absolute Gasteiger partial charge is 0.366 e. The molecule has 0 saturated carbocycles. The van der Waals surface area contributed by atoms with Crippen molar-refractivity contribution in [2.45, 2.75) is 6.42 Å². The molecule has 4 N–H and O–H groups in total. The Morgan fingerprint density at radius 2 is 2.00 bits per heavy atom. The number of benzene rings is 1. The number of hydrogen-bond donors (Lipinski definition) is 3. The maximum atomic E-state index is 11.7. The Morgan fingerprint density at radius 1 is 1.33 bits per heavy atom. The molecule has 1 rings (SSSR count). The third kappa shape index (κ3) is 5.55. The molecule has 1 aromatic rings. The number of anilines is 1. The summed E-state index contributed by atoms with van der Waals surface area (Å²) < 4.78 is 0. The Balaban J connectivity index is 2.65. The molecule has 0 aromatic heterocycles. The lowest BCUT2D eigenvalue weighted by Gasteiger charge is -2.04. The number of nitrogens with one attached hydrogen (secondary N) is 2. The molecule has 2 amide bonds. The molecule has 0 spiro atoms.